The monoisotopic (exact) mass is 397 g/mol. The second kappa shape index (κ2) is 14.4. The Kier molecular flexibility index (Phi) is 11.7. The van der Waals surface area contributed by atoms with Crippen molar-refractivity contribution in [2.45, 2.75) is 85.0 Å². The molecular formula is C26H43N3. The molecule has 0 aliphatic carbocycles. The molecule has 29 heavy (non-hydrogen) atoms. The van der Waals surface area contributed by atoms with Gasteiger partial charge in [0.15, 0.2) is 0 Å². The maximum Gasteiger partial charge on any atom is 0.0725 e. The minimum absolute atomic E-state index is 0.997. The van der Waals surface area contributed by atoms with Crippen LogP contribution in [0.1, 0.15) is 83.7 Å². The summed E-state index contributed by atoms with van der Waals surface area (Å²) >= 11 is 0. The van der Waals surface area contributed by atoms with E-state index in [-0.39, 0.29) is 0 Å². The molecule has 1 aromatic carbocycles. The lowest BCUT2D eigenvalue weighted by atomic mass is 10.1. The van der Waals surface area contributed by atoms with E-state index in [9.17, 15) is 0 Å². The van der Waals surface area contributed by atoms with Crippen LogP contribution in [-0.2, 0) is 0 Å². The van der Waals surface area contributed by atoms with Gasteiger partial charge in [-0.1, -0.05) is 83.4 Å². The average Bonchev–Trinajstić information content (AvgIpc) is 2.72. The van der Waals surface area contributed by atoms with Crippen LogP contribution in [0.2, 0.25) is 0 Å². The summed E-state index contributed by atoms with van der Waals surface area (Å²) in [5.74, 6) is 0. The number of pyridine rings is 1. The van der Waals surface area contributed by atoms with E-state index in [0.29, 0.717) is 0 Å². The van der Waals surface area contributed by atoms with E-state index >= 15 is 0 Å². The van der Waals surface area contributed by atoms with Crippen molar-refractivity contribution in [1.82, 2.24) is 9.88 Å². The zero-order valence-corrected chi connectivity index (χ0v) is 19.2. The molecule has 1 N–H and O–H groups in total. The maximum absolute atomic E-state index is 4.66. The summed E-state index contributed by atoms with van der Waals surface area (Å²) in [6, 6.07) is 10.6. The molecule has 0 saturated carbocycles. The fourth-order valence-corrected chi connectivity index (χ4v) is 4.02. The van der Waals surface area contributed by atoms with Crippen LogP contribution in [-0.4, -0.2) is 36.1 Å². The highest BCUT2D eigenvalue weighted by Gasteiger charge is 2.07. The molecule has 1 heterocycles. The van der Waals surface area contributed by atoms with Gasteiger partial charge in [0, 0.05) is 29.9 Å². The smallest absolute Gasteiger partial charge is 0.0725 e. The number of nitrogens with zero attached hydrogens (tertiary/aromatic N) is 2. The Hall–Kier alpha value is -1.61. The summed E-state index contributed by atoms with van der Waals surface area (Å²) in [6.45, 7) is 11.3. The summed E-state index contributed by atoms with van der Waals surface area (Å²) in [6.07, 6.45) is 13.6. The Labute approximate surface area is 179 Å². The first-order valence-electron chi connectivity index (χ1n) is 12.1. The van der Waals surface area contributed by atoms with Crippen LogP contribution in [0.4, 0.5) is 5.69 Å². The van der Waals surface area contributed by atoms with Crippen LogP contribution in [0.5, 0.6) is 0 Å². The number of aromatic nitrogens is 1. The van der Waals surface area contributed by atoms with Crippen LogP contribution >= 0.6 is 0 Å². The van der Waals surface area contributed by atoms with Crippen molar-refractivity contribution in [2.75, 3.05) is 31.5 Å². The summed E-state index contributed by atoms with van der Waals surface area (Å²) in [4.78, 5) is 7.34. The highest BCUT2D eigenvalue weighted by atomic mass is 15.1. The zero-order valence-electron chi connectivity index (χ0n) is 19.2. The molecule has 3 heteroatoms. The SMILES string of the molecule is CCCCCCCN(CCCCCCC)CCNc1cc(C)nc2ccccc12. The van der Waals surface area contributed by atoms with E-state index in [2.05, 4.69) is 66.3 Å². The highest BCUT2D eigenvalue weighted by Crippen LogP contribution is 2.22. The van der Waals surface area contributed by atoms with Gasteiger partial charge in [0.2, 0.25) is 0 Å². The molecule has 0 saturated heterocycles. The number of hydrogen-bond donors (Lipinski definition) is 1. The van der Waals surface area contributed by atoms with Crippen molar-refractivity contribution in [1.29, 1.82) is 0 Å². The molecule has 3 nitrogen and oxygen atoms in total. The molecule has 0 radical (unpaired) electrons. The molecule has 0 aliphatic rings. The average molecular weight is 398 g/mol. The van der Waals surface area contributed by atoms with Gasteiger partial charge >= 0.3 is 0 Å². The van der Waals surface area contributed by atoms with Gasteiger partial charge < -0.3 is 10.2 Å². The van der Waals surface area contributed by atoms with Gasteiger partial charge in [-0.05, 0) is 45.0 Å². The lowest BCUT2D eigenvalue weighted by molar-refractivity contribution is 0.269. The number of unbranched alkanes of at least 4 members (excludes halogenated alkanes) is 8. The lowest BCUT2D eigenvalue weighted by Gasteiger charge is -2.23. The van der Waals surface area contributed by atoms with E-state index in [4.69, 9.17) is 0 Å². The third-order valence-corrected chi connectivity index (χ3v) is 5.74. The topological polar surface area (TPSA) is 28.2 Å². The summed E-state index contributed by atoms with van der Waals surface area (Å²) in [5.41, 5.74) is 3.38. The first kappa shape index (κ1) is 23.7. The Morgan fingerprint density at radius 3 is 2.07 bits per heavy atom. The highest BCUT2D eigenvalue weighted by molar-refractivity contribution is 5.91. The number of benzene rings is 1. The molecule has 0 aliphatic heterocycles. The molecule has 0 fully saturated rings. The van der Waals surface area contributed by atoms with Crippen molar-refractivity contribution < 1.29 is 0 Å². The van der Waals surface area contributed by atoms with Crippen molar-refractivity contribution in [3.63, 3.8) is 0 Å². The van der Waals surface area contributed by atoms with E-state index < -0.39 is 0 Å². The van der Waals surface area contributed by atoms with Crippen LogP contribution < -0.4 is 5.32 Å². The number of nitrogens with one attached hydrogen (secondary N) is 1. The van der Waals surface area contributed by atoms with Gasteiger partial charge in [0.05, 0.1) is 5.52 Å². The molecule has 0 unspecified atom stereocenters. The molecule has 0 bridgehead atoms. The van der Waals surface area contributed by atoms with Crippen molar-refractivity contribution in [3.05, 3.63) is 36.0 Å². The van der Waals surface area contributed by atoms with Gasteiger partial charge in [-0.2, -0.15) is 0 Å². The number of para-hydroxylation sites is 1. The van der Waals surface area contributed by atoms with E-state index in [0.717, 1.165) is 24.3 Å². The molecule has 2 rings (SSSR count). The van der Waals surface area contributed by atoms with Gasteiger partial charge in [0.25, 0.3) is 0 Å². The lowest BCUT2D eigenvalue weighted by Crippen LogP contribution is -2.31. The zero-order chi connectivity index (χ0) is 20.7. The standard InChI is InChI=1S/C26H43N3/c1-4-6-8-10-14-19-29(20-15-11-9-7-5-2)21-18-27-26-22-23(3)28-25-17-13-12-16-24(25)26/h12-13,16-17,22H,4-11,14-15,18-21H2,1-3H3,(H,27,28). The predicted octanol–water partition coefficient (Wildman–Crippen LogP) is 7.20. The number of hydrogen-bond acceptors (Lipinski definition) is 3. The minimum atomic E-state index is 0.997. The second-order valence-electron chi connectivity index (χ2n) is 8.43. The summed E-state index contributed by atoms with van der Waals surface area (Å²) in [7, 11) is 0. The molecule has 2 aromatic rings. The number of anilines is 1. The van der Waals surface area contributed by atoms with Gasteiger partial charge in [0.1, 0.15) is 0 Å². The first-order valence-corrected chi connectivity index (χ1v) is 12.1. The fourth-order valence-electron chi connectivity index (χ4n) is 4.02. The molecule has 0 spiro atoms. The normalized spacial score (nSPS) is 11.4. The Morgan fingerprint density at radius 1 is 0.793 bits per heavy atom. The van der Waals surface area contributed by atoms with Crippen LogP contribution in [0, 0.1) is 6.92 Å². The van der Waals surface area contributed by atoms with Crippen LogP contribution in [0.3, 0.4) is 0 Å². The van der Waals surface area contributed by atoms with Gasteiger partial charge in [-0.25, -0.2) is 0 Å². The van der Waals surface area contributed by atoms with Crippen LogP contribution in [0.25, 0.3) is 10.9 Å². The minimum Gasteiger partial charge on any atom is -0.383 e. The summed E-state index contributed by atoms with van der Waals surface area (Å²) in [5, 5.41) is 4.92. The number of aryl methyl sites for hydroxylation is 1. The third kappa shape index (κ3) is 9.16. The van der Waals surface area contributed by atoms with Crippen molar-refractivity contribution in [3.8, 4) is 0 Å². The Balaban J connectivity index is 1.83. The maximum atomic E-state index is 4.66. The van der Waals surface area contributed by atoms with Crippen molar-refractivity contribution in [2.24, 2.45) is 0 Å². The molecule has 162 valence electrons. The second-order valence-corrected chi connectivity index (χ2v) is 8.43. The van der Waals surface area contributed by atoms with E-state index in [1.807, 2.05) is 0 Å². The van der Waals surface area contributed by atoms with E-state index in [1.54, 1.807) is 0 Å². The Bertz CT molecular complexity index is 669. The number of rotatable bonds is 16. The fraction of sp³-hybridized carbons (Fsp3) is 0.654. The Morgan fingerprint density at radius 2 is 1.41 bits per heavy atom. The van der Waals surface area contributed by atoms with Crippen LogP contribution in [0.15, 0.2) is 30.3 Å². The predicted molar refractivity (Wildman–Crippen MR) is 129 cm³/mol. The van der Waals surface area contributed by atoms with E-state index in [1.165, 1.54) is 88.4 Å². The first-order chi connectivity index (χ1) is 14.2. The molecule has 0 amide bonds. The van der Waals surface area contributed by atoms with Gasteiger partial charge in [-0.3, -0.25) is 4.98 Å². The quantitative estimate of drug-likeness (QED) is 0.304. The molecule has 1 aromatic heterocycles. The van der Waals surface area contributed by atoms with Gasteiger partial charge in [-0.15, -0.1) is 0 Å². The number of fused-ring (bicyclic) bond motifs is 1. The third-order valence-electron chi connectivity index (χ3n) is 5.74. The molecular weight excluding hydrogens is 354 g/mol. The largest absolute Gasteiger partial charge is 0.383 e. The summed E-state index contributed by atoms with van der Waals surface area (Å²) < 4.78 is 0. The molecule has 0 atom stereocenters. The van der Waals surface area contributed by atoms with Crippen molar-refractivity contribution >= 4 is 16.6 Å².